The van der Waals surface area contributed by atoms with Gasteiger partial charge in [0.1, 0.15) is 0 Å². The molecule has 0 fully saturated rings. The summed E-state index contributed by atoms with van der Waals surface area (Å²) >= 11 is 0. The van der Waals surface area contributed by atoms with Gasteiger partial charge in [-0.15, -0.1) is 0 Å². The van der Waals surface area contributed by atoms with E-state index in [1.165, 1.54) is 0 Å². The van der Waals surface area contributed by atoms with Crippen molar-refractivity contribution in [3.8, 4) is 0 Å². The summed E-state index contributed by atoms with van der Waals surface area (Å²) in [4.78, 5) is 9.95. The van der Waals surface area contributed by atoms with Gasteiger partial charge >= 0.3 is 11.5 Å². The van der Waals surface area contributed by atoms with E-state index in [-0.39, 0.29) is 5.56 Å². The zero-order chi connectivity index (χ0) is 14.1. The maximum atomic E-state index is 12.4. The predicted octanol–water partition coefficient (Wildman–Crippen LogP) is 1.35. The SMILES string of the molecule is COC(=O)c1ccc(N)c(S(=O)(=O)C(F)(F)F)c1. The van der Waals surface area contributed by atoms with Crippen molar-refractivity contribution in [3.05, 3.63) is 23.8 Å². The first-order chi connectivity index (χ1) is 8.11. The minimum atomic E-state index is -5.60. The molecule has 0 aliphatic carbocycles. The monoisotopic (exact) mass is 283 g/mol. The third-order valence-corrected chi connectivity index (χ3v) is 3.57. The number of anilines is 1. The first-order valence-electron chi connectivity index (χ1n) is 4.40. The van der Waals surface area contributed by atoms with Gasteiger partial charge in [-0.05, 0) is 18.2 Å². The highest BCUT2D eigenvalue weighted by Crippen LogP contribution is 2.33. The van der Waals surface area contributed by atoms with Crippen LogP contribution in [0.3, 0.4) is 0 Å². The number of esters is 1. The van der Waals surface area contributed by atoms with Crippen LogP contribution in [0.1, 0.15) is 10.4 Å². The number of nitrogen functional groups attached to an aromatic ring is 1. The van der Waals surface area contributed by atoms with Crippen LogP contribution in [0.4, 0.5) is 18.9 Å². The average Bonchev–Trinajstić information content (AvgIpc) is 2.26. The third-order valence-electron chi connectivity index (χ3n) is 2.03. The first kappa shape index (κ1) is 14.3. The van der Waals surface area contributed by atoms with E-state index in [1.54, 1.807) is 0 Å². The van der Waals surface area contributed by atoms with Gasteiger partial charge in [-0.3, -0.25) is 0 Å². The fourth-order valence-corrected chi connectivity index (χ4v) is 2.05. The summed E-state index contributed by atoms with van der Waals surface area (Å²) in [7, 11) is -4.59. The van der Waals surface area contributed by atoms with E-state index in [9.17, 15) is 26.4 Å². The van der Waals surface area contributed by atoms with Crippen molar-refractivity contribution in [3.63, 3.8) is 0 Å². The molecule has 0 aromatic heterocycles. The van der Waals surface area contributed by atoms with E-state index in [0.717, 1.165) is 19.2 Å². The van der Waals surface area contributed by atoms with Crippen LogP contribution in [0.2, 0.25) is 0 Å². The Morgan fingerprint density at radius 3 is 2.33 bits per heavy atom. The number of sulfone groups is 1. The van der Waals surface area contributed by atoms with E-state index in [2.05, 4.69) is 4.74 Å². The second kappa shape index (κ2) is 4.48. The fraction of sp³-hybridized carbons (Fsp3) is 0.222. The zero-order valence-electron chi connectivity index (χ0n) is 8.98. The van der Waals surface area contributed by atoms with E-state index in [4.69, 9.17) is 5.73 Å². The van der Waals surface area contributed by atoms with E-state index in [1.807, 2.05) is 0 Å². The minimum Gasteiger partial charge on any atom is -0.465 e. The van der Waals surface area contributed by atoms with Crippen molar-refractivity contribution in [2.45, 2.75) is 10.4 Å². The summed E-state index contributed by atoms with van der Waals surface area (Å²) < 4.78 is 63.7. The van der Waals surface area contributed by atoms with Gasteiger partial charge in [-0.25, -0.2) is 13.2 Å². The molecule has 0 aliphatic rings. The summed E-state index contributed by atoms with van der Waals surface area (Å²) in [6, 6.07) is 2.49. The Labute approximate surface area is 100 Å². The summed E-state index contributed by atoms with van der Waals surface area (Å²) in [6.07, 6.45) is 0. The number of alkyl halides is 3. The van der Waals surface area contributed by atoms with Crippen LogP contribution in [0.5, 0.6) is 0 Å². The highest BCUT2D eigenvalue weighted by Gasteiger charge is 2.48. The highest BCUT2D eigenvalue weighted by atomic mass is 32.2. The lowest BCUT2D eigenvalue weighted by atomic mass is 10.2. The number of rotatable bonds is 2. The summed E-state index contributed by atoms with van der Waals surface area (Å²) in [5, 5.41) is 0. The van der Waals surface area contributed by atoms with E-state index in [0.29, 0.717) is 6.07 Å². The molecule has 5 nitrogen and oxygen atoms in total. The van der Waals surface area contributed by atoms with Crippen LogP contribution in [0.15, 0.2) is 23.1 Å². The topological polar surface area (TPSA) is 86.5 Å². The number of carbonyl (C=O) groups excluding carboxylic acids is 1. The molecular formula is C9H8F3NO4S. The number of halogens is 3. The number of hydrogen-bond donors (Lipinski definition) is 1. The van der Waals surface area contributed by atoms with E-state index >= 15 is 0 Å². The Morgan fingerprint density at radius 1 is 1.33 bits per heavy atom. The Balaban J connectivity index is 3.47. The van der Waals surface area contributed by atoms with Gasteiger partial charge in [0.25, 0.3) is 9.84 Å². The Bertz CT molecular complexity index is 580. The van der Waals surface area contributed by atoms with Gasteiger partial charge in [0.05, 0.1) is 23.3 Å². The van der Waals surface area contributed by atoms with Crippen LogP contribution in [-0.2, 0) is 14.6 Å². The van der Waals surface area contributed by atoms with Crippen LogP contribution < -0.4 is 5.73 Å². The molecule has 9 heteroatoms. The molecule has 0 atom stereocenters. The Hall–Kier alpha value is -1.77. The molecule has 18 heavy (non-hydrogen) atoms. The molecule has 1 aromatic carbocycles. The van der Waals surface area contributed by atoms with Gasteiger partial charge in [0.2, 0.25) is 0 Å². The lowest BCUT2D eigenvalue weighted by Crippen LogP contribution is -2.24. The lowest BCUT2D eigenvalue weighted by Gasteiger charge is -2.11. The molecule has 0 unspecified atom stereocenters. The molecule has 0 amide bonds. The highest BCUT2D eigenvalue weighted by molar-refractivity contribution is 7.92. The molecule has 0 spiro atoms. The molecule has 1 aromatic rings. The second-order valence-corrected chi connectivity index (χ2v) is 5.10. The number of benzene rings is 1. The molecule has 100 valence electrons. The molecule has 0 heterocycles. The smallest absolute Gasteiger partial charge is 0.465 e. The van der Waals surface area contributed by atoms with Gasteiger partial charge in [0.15, 0.2) is 0 Å². The molecule has 0 aliphatic heterocycles. The number of methoxy groups -OCH3 is 1. The quantitative estimate of drug-likeness (QED) is 0.654. The summed E-state index contributed by atoms with van der Waals surface area (Å²) in [5.74, 6) is -0.964. The zero-order valence-corrected chi connectivity index (χ0v) is 9.80. The number of hydrogen-bond acceptors (Lipinski definition) is 5. The van der Waals surface area contributed by atoms with Crippen molar-refractivity contribution < 1.29 is 31.1 Å². The largest absolute Gasteiger partial charge is 0.501 e. The molecule has 0 saturated heterocycles. The van der Waals surface area contributed by atoms with Crippen LogP contribution in [0.25, 0.3) is 0 Å². The van der Waals surface area contributed by atoms with Crippen molar-refractivity contribution in [2.75, 3.05) is 12.8 Å². The summed E-state index contributed by atoms with van der Waals surface area (Å²) in [6.45, 7) is 0. The van der Waals surface area contributed by atoms with Crippen molar-refractivity contribution in [1.29, 1.82) is 0 Å². The van der Waals surface area contributed by atoms with Gasteiger partial charge in [-0.2, -0.15) is 13.2 Å². The van der Waals surface area contributed by atoms with Crippen molar-refractivity contribution in [1.82, 2.24) is 0 Å². The van der Waals surface area contributed by atoms with Crippen LogP contribution in [-0.4, -0.2) is 27.0 Å². The van der Waals surface area contributed by atoms with Gasteiger partial charge in [-0.1, -0.05) is 0 Å². The molecule has 0 bridgehead atoms. The van der Waals surface area contributed by atoms with Crippen LogP contribution in [0, 0.1) is 0 Å². The number of carbonyl (C=O) groups is 1. The van der Waals surface area contributed by atoms with Crippen molar-refractivity contribution >= 4 is 21.5 Å². The minimum absolute atomic E-state index is 0.338. The summed E-state index contributed by atoms with van der Waals surface area (Å²) in [5.41, 5.74) is -1.24. The fourth-order valence-electron chi connectivity index (χ4n) is 1.14. The Kier molecular flexibility index (Phi) is 3.56. The maximum Gasteiger partial charge on any atom is 0.501 e. The maximum absolute atomic E-state index is 12.4. The average molecular weight is 283 g/mol. The van der Waals surface area contributed by atoms with E-state index < -0.39 is 31.9 Å². The first-order valence-corrected chi connectivity index (χ1v) is 5.88. The lowest BCUT2D eigenvalue weighted by molar-refractivity contribution is -0.0435. The Morgan fingerprint density at radius 2 is 1.89 bits per heavy atom. The molecule has 0 radical (unpaired) electrons. The standard InChI is InChI=1S/C9H8F3NO4S/c1-17-8(14)5-2-3-6(13)7(4-5)18(15,16)9(10,11)12/h2-4H,13H2,1H3. The second-order valence-electron chi connectivity index (χ2n) is 3.19. The van der Waals surface area contributed by atoms with Crippen LogP contribution >= 0.6 is 0 Å². The molecular weight excluding hydrogens is 275 g/mol. The van der Waals surface area contributed by atoms with Crippen molar-refractivity contribution in [2.24, 2.45) is 0 Å². The molecule has 1 rings (SSSR count). The normalized spacial score (nSPS) is 12.2. The predicted molar refractivity (Wildman–Crippen MR) is 55.4 cm³/mol. The molecule has 0 saturated carbocycles. The number of nitrogens with two attached hydrogens (primary N) is 1. The van der Waals surface area contributed by atoms with Gasteiger partial charge in [0, 0.05) is 0 Å². The van der Waals surface area contributed by atoms with Gasteiger partial charge < -0.3 is 10.5 Å². The number of ether oxygens (including phenoxy) is 1. The molecule has 2 N–H and O–H groups in total. The third kappa shape index (κ3) is 2.40.